The average Bonchev–Trinajstić information content (AvgIpc) is 1.90. The first kappa shape index (κ1) is 9.23. The van der Waals surface area contributed by atoms with Crippen molar-refractivity contribution < 1.29 is 0 Å². The minimum Gasteiger partial charge on any atom is -0.322 e. The summed E-state index contributed by atoms with van der Waals surface area (Å²) in [6.07, 6.45) is 1.88. The lowest BCUT2D eigenvalue weighted by molar-refractivity contribution is 0.597. The van der Waals surface area contributed by atoms with Gasteiger partial charge in [-0.3, -0.25) is 0 Å². The Labute approximate surface area is 61.6 Å². The van der Waals surface area contributed by atoms with Crippen LogP contribution in [0.25, 0.3) is 0 Å². The van der Waals surface area contributed by atoms with Crippen LogP contribution in [0.2, 0.25) is 0 Å². The molecule has 0 aromatic rings. The molecule has 60 valence electrons. The SMILES string of the molecule is CC(C)CC/C(=N/N)NN. The van der Waals surface area contributed by atoms with Crippen LogP contribution < -0.4 is 17.1 Å². The number of amidine groups is 1. The smallest absolute Gasteiger partial charge is 0.135 e. The van der Waals surface area contributed by atoms with Gasteiger partial charge in [0.2, 0.25) is 0 Å². The van der Waals surface area contributed by atoms with Crippen molar-refractivity contribution in [3.05, 3.63) is 0 Å². The Morgan fingerprint density at radius 3 is 2.50 bits per heavy atom. The molecule has 0 unspecified atom stereocenters. The molecule has 5 N–H and O–H groups in total. The lowest BCUT2D eigenvalue weighted by Crippen LogP contribution is -2.31. The van der Waals surface area contributed by atoms with Gasteiger partial charge in [0, 0.05) is 6.42 Å². The quantitative estimate of drug-likeness (QED) is 0.228. The van der Waals surface area contributed by atoms with Crippen LogP contribution in [-0.4, -0.2) is 5.84 Å². The number of nitrogens with two attached hydrogens (primary N) is 2. The highest BCUT2D eigenvalue weighted by Crippen LogP contribution is 2.02. The van der Waals surface area contributed by atoms with Crippen molar-refractivity contribution in [3.63, 3.8) is 0 Å². The molecular weight excluding hydrogens is 128 g/mol. The first-order valence-corrected chi connectivity index (χ1v) is 3.44. The topological polar surface area (TPSA) is 76.4 Å². The van der Waals surface area contributed by atoms with Gasteiger partial charge < -0.3 is 11.3 Å². The van der Waals surface area contributed by atoms with Gasteiger partial charge in [-0.2, -0.15) is 5.10 Å². The number of nitrogens with one attached hydrogen (secondary N) is 1. The molecule has 0 aliphatic carbocycles. The van der Waals surface area contributed by atoms with E-state index >= 15 is 0 Å². The standard InChI is InChI=1S/C6H16N4/c1-5(2)3-4-6(9-7)10-8/h5H,3-4,7-8H2,1-2H3,(H,9,10). The number of hydrogen-bond acceptors (Lipinski definition) is 3. The second-order valence-corrected chi connectivity index (χ2v) is 2.65. The largest absolute Gasteiger partial charge is 0.322 e. The lowest BCUT2D eigenvalue weighted by atomic mass is 10.1. The normalized spacial score (nSPS) is 12.2. The van der Waals surface area contributed by atoms with Gasteiger partial charge in [0.15, 0.2) is 0 Å². The van der Waals surface area contributed by atoms with Gasteiger partial charge >= 0.3 is 0 Å². The fourth-order valence-corrected chi connectivity index (χ4v) is 0.599. The molecule has 0 rings (SSSR count). The molecule has 0 heterocycles. The van der Waals surface area contributed by atoms with E-state index in [1.54, 1.807) is 0 Å². The van der Waals surface area contributed by atoms with Crippen LogP contribution >= 0.6 is 0 Å². The van der Waals surface area contributed by atoms with Crippen molar-refractivity contribution in [2.24, 2.45) is 22.7 Å². The summed E-state index contributed by atoms with van der Waals surface area (Å²) in [5.41, 5.74) is 2.43. The first-order chi connectivity index (χ1) is 4.70. The number of hydrazine groups is 1. The Bertz CT molecular complexity index is 108. The summed E-state index contributed by atoms with van der Waals surface area (Å²) in [4.78, 5) is 0. The molecule has 0 saturated carbocycles. The van der Waals surface area contributed by atoms with Crippen LogP contribution in [0.3, 0.4) is 0 Å². The van der Waals surface area contributed by atoms with Gasteiger partial charge in [-0.25, -0.2) is 5.84 Å². The maximum absolute atomic E-state index is 5.11. The Morgan fingerprint density at radius 1 is 1.60 bits per heavy atom. The number of rotatable bonds is 3. The Kier molecular flexibility index (Phi) is 4.66. The van der Waals surface area contributed by atoms with Gasteiger partial charge in [0.05, 0.1) is 0 Å². The monoisotopic (exact) mass is 144 g/mol. The average molecular weight is 144 g/mol. The third-order valence-corrected chi connectivity index (χ3v) is 1.28. The summed E-state index contributed by atoms with van der Waals surface area (Å²) in [5.74, 6) is 11.4. The van der Waals surface area contributed by atoms with E-state index in [-0.39, 0.29) is 0 Å². The highest BCUT2D eigenvalue weighted by molar-refractivity contribution is 5.81. The summed E-state index contributed by atoms with van der Waals surface area (Å²) in [6.45, 7) is 4.29. The highest BCUT2D eigenvalue weighted by atomic mass is 15.3. The van der Waals surface area contributed by atoms with Gasteiger partial charge in [-0.15, -0.1) is 0 Å². The van der Waals surface area contributed by atoms with Crippen molar-refractivity contribution in [1.82, 2.24) is 5.43 Å². The van der Waals surface area contributed by atoms with Crippen LogP contribution in [0.1, 0.15) is 26.7 Å². The Morgan fingerprint density at radius 2 is 2.20 bits per heavy atom. The molecule has 0 radical (unpaired) electrons. The van der Waals surface area contributed by atoms with Gasteiger partial charge in [-0.05, 0) is 12.3 Å². The summed E-state index contributed by atoms with van der Waals surface area (Å²) in [6, 6.07) is 0. The zero-order valence-electron chi connectivity index (χ0n) is 6.59. The Balaban J connectivity index is 3.46. The zero-order chi connectivity index (χ0) is 7.98. The number of hydrazone groups is 1. The molecule has 0 aliphatic rings. The third kappa shape index (κ3) is 4.14. The van der Waals surface area contributed by atoms with Crippen molar-refractivity contribution in [2.45, 2.75) is 26.7 Å². The molecule has 0 fully saturated rings. The van der Waals surface area contributed by atoms with Gasteiger partial charge in [-0.1, -0.05) is 13.8 Å². The predicted molar refractivity (Wildman–Crippen MR) is 43.0 cm³/mol. The molecule has 0 saturated heterocycles. The molecule has 0 spiro atoms. The van der Waals surface area contributed by atoms with E-state index in [1.165, 1.54) is 0 Å². The van der Waals surface area contributed by atoms with E-state index in [4.69, 9.17) is 11.7 Å². The molecule has 0 bridgehead atoms. The van der Waals surface area contributed by atoms with Gasteiger partial charge in [0.25, 0.3) is 0 Å². The van der Waals surface area contributed by atoms with E-state index in [9.17, 15) is 0 Å². The fourth-order valence-electron chi connectivity index (χ4n) is 0.599. The second-order valence-electron chi connectivity index (χ2n) is 2.65. The lowest BCUT2D eigenvalue weighted by Gasteiger charge is -2.05. The third-order valence-electron chi connectivity index (χ3n) is 1.28. The van der Waals surface area contributed by atoms with Crippen LogP contribution in [0.15, 0.2) is 5.10 Å². The maximum Gasteiger partial charge on any atom is 0.135 e. The van der Waals surface area contributed by atoms with Crippen molar-refractivity contribution in [1.29, 1.82) is 0 Å². The van der Waals surface area contributed by atoms with Crippen molar-refractivity contribution >= 4 is 5.84 Å². The van der Waals surface area contributed by atoms with Crippen LogP contribution in [0, 0.1) is 5.92 Å². The van der Waals surface area contributed by atoms with Crippen molar-refractivity contribution in [3.8, 4) is 0 Å². The van der Waals surface area contributed by atoms with E-state index in [0.29, 0.717) is 11.8 Å². The zero-order valence-corrected chi connectivity index (χ0v) is 6.59. The second kappa shape index (κ2) is 5.05. The summed E-state index contributed by atoms with van der Waals surface area (Å²) in [5, 5.41) is 3.46. The van der Waals surface area contributed by atoms with Gasteiger partial charge in [0.1, 0.15) is 5.84 Å². The minimum atomic E-state index is 0.657. The number of nitrogens with zero attached hydrogens (tertiary/aromatic N) is 1. The fraction of sp³-hybridized carbons (Fsp3) is 0.833. The van der Waals surface area contributed by atoms with Crippen molar-refractivity contribution in [2.75, 3.05) is 0 Å². The maximum atomic E-state index is 5.11. The van der Waals surface area contributed by atoms with Crippen LogP contribution in [-0.2, 0) is 0 Å². The summed E-state index contributed by atoms with van der Waals surface area (Å²) in [7, 11) is 0. The predicted octanol–water partition coefficient (Wildman–Crippen LogP) is 0.158. The molecule has 0 aromatic carbocycles. The van der Waals surface area contributed by atoms with Crippen LogP contribution in [0.5, 0.6) is 0 Å². The molecule has 4 nitrogen and oxygen atoms in total. The van der Waals surface area contributed by atoms with E-state index in [2.05, 4.69) is 24.4 Å². The molecule has 0 atom stereocenters. The molecule has 0 aliphatic heterocycles. The molecule has 4 heteroatoms. The molecular formula is C6H16N4. The Hall–Kier alpha value is -0.770. The van der Waals surface area contributed by atoms with Crippen LogP contribution in [0.4, 0.5) is 0 Å². The van der Waals surface area contributed by atoms with E-state index in [0.717, 1.165) is 12.8 Å². The minimum absolute atomic E-state index is 0.657. The highest BCUT2D eigenvalue weighted by Gasteiger charge is 1.98. The van der Waals surface area contributed by atoms with E-state index < -0.39 is 0 Å². The summed E-state index contributed by atoms with van der Waals surface area (Å²) >= 11 is 0. The molecule has 10 heavy (non-hydrogen) atoms. The number of hydrogen-bond donors (Lipinski definition) is 3. The molecule has 0 amide bonds. The summed E-state index contributed by atoms with van der Waals surface area (Å²) < 4.78 is 0. The first-order valence-electron chi connectivity index (χ1n) is 3.44. The van der Waals surface area contributed by atoms with E-state index in [1.807, 2.05) is 0 Å². The molecule has 0 aromatic heterocycles.